The molecule has 0 heterocycles. The Kier molecular flexibility index (Phi) is 4.60. The van der Waals surface area contributed by atoms with Crippen LogP contribution in [-0.4, -0.2) is 6.17 Å². The number of alkyl halides is 1. The second-order valence-electron chi connectivity index (χ2n) is 3.26. The number of ether oxygens (including phenoxy) is 1. The summed E-state index contributed by atoms with van der Waals surface area (Å²) in [6.45, 7) is 3.95. The third-order valence-corrected chi connectivity index (χ3v) is 2.11. The van der Waals surface area contributed by atoms with E-state index in [9.17, 15) is 4.39 Å². The maximum atomic E-state index is 13.1. The van der Waals surface area contributed by atoms with Crippen LogP contribution in [0.3, 0.4) is 0 Å². The highest BCUT2D eigenvalue weighted by Crippen LogP contribution is 2.16. The second-order valence-corrected chi connectivity index (χ2v) is 3.26. The van der Waals surface area contributed by atoms with Crippen LogP contribution < -0.4 is 0 Å². The third kappa shape index (κ3) is 3.46. The number of halogens is 1. The van der Waals surface area contributed by atoms with Crippen molar-refractivity contribution in [1.29, 1.82) is 0 Å². The minimum absolute atomic E-state index is 0.451. The van der Waals surface area contributed by atoms with E-state index in [0.717, 1.165) is 5.56 Å². The molecule has 0 aliphatic heterocycles. The fourth-order valence-corrected chi connectivity index (χ4v) is 1.15. The van der Waals surface area contributed by atoms with E-state index in [0.29, 0.717) is 19.1 Å². The van der Waals surface area contributed by atoms with Crippen molar-refractivity contribution in [1.82, 2.24) is 0 Å². The molecule has 1 rings (SSSR count). The maximum Gasteiger partial charge on any atom is 0.131 e. The van der Waals surface area contributed by atoms with Gasteiger partial charge in [-0.05, 0) is 18.9 Å². The van der Waals surface area contributed by atoms with Gasteiger partial charge in [-0.25, -0.2) is 4.39 Å². The highest BCUT2D eigenvalue weighted by atomic mass is 19.1. The SMILES string of the molecule is CCC(F)[C](C)OCc1ccccc1. The van der Waals surface area contributed by atoms with Crippen molar-refractivity contribution >= 4 is 0 Å². The normalized spacial score (nSPS) is 13.1. The van der Waals surface area contributed by atoms with Crippen molar-refractivity contribution in [3.05, 3.63) is 42.0 Å². The van der Waals surface area contributed by atoms with Gasteiger partial charge < -0.3 is 4.74 Å². The molecule has 0 aliphatic rings. The second kappa shape index (κ2) is 5.76. The Bertz CT molecular complexity index is 248. The first kappa shape index (κ1) is 11.2. The van der Waals surface area contributed by atoms with Crippen molar-refractivity contribution < 1.29 is 9.13 Å². The average Bonchev–Trinajstić information content (AvgIpc) is 2.26. The Morgan fingerprint density at radius 2 is 2.00 bits per heavy atom. The predicted octanol–water partition coefficient (Wildman–Crippen LogP) is 3.50. The Hall–Kier alpha value is -0.890. The average molecular weight is 195 g/mol. The van der Waals surface area contributed by atoms with E-state index in [1.807, 2.05) is 30.3 Å². The van der Waals surface area contributed by atoms with Crippen molar-refractivity contribution in [3.63, 3.8) is 0 Å². The van der Waals surface area contributed by atoms with Gasteiger partial charge in [0.05, 0.1) is 6.61 Å². The van der Waals surface area contributed by atoms with Crippen LogP contribution in [0.25, 0.3) is 0 Å². The first-order chi connectivity index (χ1) is 6.74. The smallest absolute Gasteiger partial charge is 0.131 e. The fraction of sp³-hybridized carbons (Fsp3) is 0.417. The molecule has 1 aromatic carbocycles. The molecule has 14 heavy (non-hydrogen) atoms. The van der Waals surface area contributed by atoms with Crippen molar-refractivity contribution in [2.45, 2.75) is 33.0 Å². The highest BCUT2D eigenvalue weighted by Gasteiger charge is 2.15. The van der Waals surface area contributed by atoms with Crippen LogP contribution in [0.5, 0.6) is 0 Å². The van der Waals surface area contributed by atoms with Crippen LogP contribution in [0.1, 0.15) is 25.8 Å². The Morgan fingerprint density at radius 1 is 1.36 bits per heavy atom. The largest absolute Gasteiger partial charge is 0.364 e. The molecule has 0 aliphatic carbocycles. The van der Waals surface area contributed by atoms with Gasteiger partial charge in [-0.15, -0.1) is 0 Å². The standard InChI is InChI=1S/C12H16FO/c1-3-12(13)10(2)14-9-11-7-5-4-6-8-11/h4-8,12H,3,9H2,1-2H3. The maximum absolute atomic E-state index is 13.1. The zero-order chi connectivity index (χ0) is 10.4. The molecule has 77 valence electrons. The molecular formula is C12H16FO. The molecule has 0 fully saturated rings. The molecule has 0 bridgehead atoms. The summed E-state index contributed by atoms with van der Waals surface area (Å²) in [4.78, 5) is 0. The van der Waals surface area contributed by atoms with E-state index in [-0.39, 0.29) is 0 Å². The van der Waals surface area contributed by atoms with Gasteiger partial charge in [-0.2, -0.15) is 0 Å². The van der Waals surface area contributed by atoms with Gasteiger partial charge in [0, 0.05) is 0 Å². The minimum atomic E-state index is -0.946. The lowest BCUT2D eigenvalue weighted by molar-refractivity contribution is 0.0794. The van der Waals surface area contributed by atoms with Gasteiger partial charge in [0.25, 0.3) is 0 Å². The molecule has 1 atom stereocenters. The van der Waals surface area contributed by atoms with Gasteiger partial charge in [0.1, 0.15) is 12.3 Å². The summed E-state index contributed by atoms with van der Waals surface area (Å²) < 4.78 is 18.4. The van der Waals surface area contributed by atoms with Gasteiger partial charge in [-0.1, -0.05) is 37.3 Å². The van der Waals surface area contributed by atoms with E-state index in [4.69, 9.17) is 4.74 Å². The Labute approximate surface area is 84.9 Å². The van der Waals surface area contributed by atoms with Crippen LogP contribution in [0.4, 0.5) is 4.39 Å². The quantitative estimate of drug-likeness (QED) is 0.698. The molecule has 1 radical (unpaired) electrons. The van der Waals surface area contributed by atoms with E-state index in [1.165, 1.54) is 0 Å². The molecule has 2 heteroatoms. The molecule has 0 N–H and O–H groups in total. The number of rotatable bonds is 5. The van der Waals surface area contributed by atoms with Gasteiger partial charge >= 0.3 is 0 Å². The van der Waals surface area contributed by atoms with Crippen molar-refractivity contribution in [2.75, 3.05) is 0 Å². The van der Waals surface area contributed by atoms with Crippen LogP contribution in [0, 0.1) is 6.10 Å². The van der Waals surface area contributed by atoms with Gasteiger partial charge in [-0.3, -0.25) is 0 Å². The van der Waals surface area contributed by atoms with Crippen molar-refractivity contribution in [2.24, 2.45) is 0 Å². The number of hydrogen-bond donors (Lipinski definition) is 0. The molecule has 0 aromatic heterocycles. The molecule has 1 nitrogen and oxygen atoms in total. The summed E-state index contributed by atoms with van der Waals surface area (Å²) in [5, 5.41) is 0. The van der Waals surface area contributed by atoms with Crippen LogP contribution in [-0.2, 0) is 11.3 Å². The highest BCUT2D eigenvalue weighted by molar-refractivity contribution is 5.13. The lowest BCUT2D eigenvalue weighted by Crippen LogP contribution is -2.12. The van der Waals surface area contributed by atoms with E-state index in [1.54, 1.807) is 13.8 Å². The van der Waals surface area contributed by atoms with E-state index in [2.05, 4.69) is 0 Å². The molecule has 0 spiro atoms. The van der Waals surface area contributed by atoms with Crippen LogP contribution in [0.2, 0.25) is 0 Å². The topological polar surface area (TPSA) is 9.23 Å². The summed E-state index contributed by atoms with van der Waals surface area (Å²) in [7, 11) is 0. The summed E-state index contributed by atoms with van der Waals surface area (Å²) in [6.07, 6.45) is -0.00395. The summed E-state index contributed by atoms with van der Waals surface area (Å²) in [5.41, 5.74) is 1.06. The van der Waals surface area contributed by atoms with E-state index < -0.39 is 6.17 Å². The molecule has 0 saturated heterocycles. The third-order valence-electron chi connectivity index (χ3n) is 2.11. The Morgan fingerprint density at radius 3 is 2.57 bits per heavy atom. The monoisotopic (exact) mass is 195 g/mol. The zero-order valence-electron chi connectivity index (χ0n) is 8.66. The number of hydrogen-bond acceptors (Lipinski definition) is 1. The lowest BCUT2D eigenvalue weighted by Gasteiger charge is -2.14. The summed E-state index contributed by atoms with van der Waals surface area (Å²) in [5.74, 6) is 0. The zero-order valence-corrected chi connectivity index (χ0v) is 8.66. The molecular weight excluding hydrogens is 179 g/mol. The van der Waals surface area contributed by atoms with Gasteiger partial charge in [0.15, 0.2) is 0 Å². The molecule has 0 amide bonds. The van der Waals surface area contributed by atoms with Crippen LogP contribution in [0.15, 0.2) is 30.3 Å². The minimum Gasteiger partial charge on any atom is -0.364 e. The van der Waals surface area contributed by atoms with Crippen LogP contribution >= 0.6 is 0 Å². The lowest BCUT2D eigenvalue weighted by atomic mass is 10.2. The first-order valence-electron chi connectivity index (χ1n) is 4.88. The molecule has 0 saturated carbocycles. The molecule has 1 aromatic rings. The number of benzene rings is 1. The van der Waals surface area contributed by atoms with Gasteiger partial charge in [0.2, 0.25) is 0 Å². The Balaban J connectivity index is 2.34. The summed E-state index contributed by atoms with van der Waals surface area (Å²) >= 11 is 0. The first-order valence-corrected chi connectivity index (χ1v) is 4.88. The van der Waals surface area contributed by atoms with E-state index >= 15 is 0 Å². The predicted molar refractivity (Wildman–Crippen MR) is 55.3 cm³/mol. The summed E-state index contributed by atoms with van der Waals surface area (Å²) in [6, 6.07) is 9.77. The molecule has 1 unspecified atom stereocenters. The van der Waals surface area contributed by atoms with Crippen molar-refractivity contribution in [3.8, 4) is 0 Å². The fourth-order valence-electron chi connectivity index (χ4n) is 1.15.